The Bertz CT molecular complexity index is 961. The predicted octanol–water partition coefficient (Wildman–Crippen LogP) is 3.43. The van der Waals surface area contributed by atoms with E-state index in [1.54, 1.807) is 12.4 Å². The number of H-pyrrole nitrogens is 1. The van der Waals surface area contributed by atoms with Crippen molar-refractivity contribution in [2.75, 3.05) is 6.54 Å². The number of hydrogen-bond acceptors (Lipinski definition) is 4. The van der Waals surface area contributed by atoms with E-state index in [2.05, 4.69) is 15.0 Å². The van der Waals surface area contributed by atoms with Gasteiger partial charge in [-0.15, -0.1) is 11.3 Å². The molecule has 2 aromatic heterocycles. The van der Waals surface area contributed by atoms with E-state index in [-0.39, 0.29) is 17.8 Å². The maximum Gasteiger partial charge on any atom is 0.223 e. The highest BCUT2D eigenvalue weighted by atomic mass is 32.1. The molecule has 1 N–H and O–H groups in total. The number of rotatable bonds is 3. The topological polar surface area (TPSA) is 61.9 Å². The van der Waals surface area contributed by atoms with Gasteiger partial charge in [-0.1, -0.05) is 0 Å². The Hall–Kier alpha value is -2.28. The Labute approximate surface area is 147 Å². The summed E-state index contributed by atoms with van der Waals surface area (Å²) < 4.78 is 14.4. The van der Waals surface area contributed by atoms with Gasteiger partial charge in [0.05, 0.1) is 22.2 Å². The van der Waals surface area contributed by atoms with Crippen LogP contribution in [0.1, 0.15) is 41.7 Å². The Morgan fingerprint density at radius 1 is 1.40 bits per heavy atom. The van der Waals surface area contributed by atoms with Crippen LogP contribution in [-0.2, 0) is 11.2 Å². The summed E-state index contributed by atoms with van der Waals surface area (Å²) in [6.07, 6.45) is 5.37. The minimum Gasteiger partial charge on any atom is -0.348 e. The number of fused-ring (bicyclic) bond motifs is 2. The molecule has 1 aromatic carbocycles. The van der Waals surface area contributed by atoms with Gasteiger partial charge in [0.15, 0.2) is 0 Å². The molecule has 5 rings (SSSR count). The summed E-state index contributed by atoms with van der Waals surface area (Å²) in [5.41, 5.74) is 2.57. The highest BCUT2D eigenvalue weighted by Crippen LogP contribution is 2.40. The van der Waals surface area contributed by atoms with Gasteiger partial charge in [-0.25, -0.2) is 14.4 Å². The normalized spacial score (nSPS) is 20.0. The molecule has 3 aromatic rings. The number of carbonyl (C=O) groups is 1. The van der Waals surface area contributed by atoms with E-state index in [0.717, 1.165) is 40.4 Å². The van der Waals surface area contributed by atoms with Crippen molar-refractivity contribution in [2.24, 2.45) is 5.92 Å². The number of aromatic nitrogens is 3. The number of nitrogens with one attached hydrogen (secondary N) is 1. The maximum absolute atomic E-state index is 13.5. The third-order valence-electron chi connectivity index (χ3n) is 5.01. The van der Waals surface area contributed by atoms with Crippen LogP contribution in [0.15, 0.2) is 24.5 Å². The molecule has 2 aliphatic rings. The number of thiazole rings is 1. The van der Waals surface area contributed by atoms with Gasteiger partial charge < -0.3 is 9.88 Å². The molecule has 5 nitrogen and oxygen atoms in total. The van der Waals surface area contributed by atoms with Crippen LogP contribution in [0.2, 0.25) is 0 Å². The first kappa shape index (κ1) is 15.0. The van der Waals surface area contributed by atoms with E-state index in [1.807, 2.05) is 4.90 Å². The van der Waals surface area contributed by atoms with Gasteiger partial charge >= 0.3 is 0 Å². The summed E-state index contributed by atoms with van der Waals surface area (Å²) in [6.45, 7) is 0.662. The third-order valence-corrected chi connectivity index (χ3v) is 6.09. The molecule has 1 fully saturated rings. The molecule has 0 unspecified atom stereocenters. The Kier molecular flexibility index (Phi) is 3.38. The van der Waals surface area contributed by atoms with Gasteiger partial charge in [0, 0.05) is 31.1 Å². The van der Waals surface area contributed by atoms with E-state index >= 15 is 0 Å². The van der Waals surface area contributed by atoms with Crippen LogP contribution >= 0.6 is 11.3 Å². The molecular weight excluding hydrogens is 339 g/mol. The lowest BCUT2D eigenvalue weighted by Crippen LogP contribution is -2.40. The summed E-state index contributed by atoms with van der Waals surface area (Å²) in [6, 6.07) is 4.36. The van der Waals surface area contributed by atoms with E-state index in [0.29, 0.717) is 24.4 Å². The van der Waals surface area contributed by atoms with Gasteiger partial charge in [0.25, 0.3) is 0 Å². The van der Waals surface area contributed by atoms with Gasteiger partial charge in [-0.05, 0) is 30.9 Å². The Morgan fingerprint density at radius 2 is 2.28 bits per heavy atom. The number of amides is 1. The standard InChI is InChI=1S/C18H17FN4OS/c19-11-3-4-14-13(8-11)22-18(25-14)17-16-12(20-9-21-16)5-6-23(17)15(24)7-10-1-2-10/h3-4,8-10,17H,1-2,5-7H2,(H,20,21)/t17-/m0/s1. The smallest absolute Gasteiger partial charge is 0.223 e. The van der Waals surface area contributed by atoms with E-state index in [4.69, 9.17) is 0 Å². The molecule has 3 heterocycles. The molecule has 0 spiro atoms. The van der Waals surface area contributed by atoms with Crippen LogP contribution in [0, 0.1) is 11.7 Å². The van der Waals surface area contributed by atoms with Crippen LogP contribution < -0.4 is 0 Å². The molecule has 1 aliphatic heterocycles. The van der Waals surface area contributed by atoms with Gasteiger partial charge in [-0.3, -0.25) is 4.79 Å². The van der Waals surface area contributed by atoms with Crippen LogP contribution in [0.25, 0.3) is 10.2 Å². The highest BCUT2D eigenvalue weighted by molar-refractivity contribution is 7.18. The van der Waals surface area contributed by atoms with Crippen LogP contribution in [0.3, 0.4) is 0 Å². The number of nitrogens with zero attached hydrogens (tertiary/aromatic N) is 3. The van der Waals surface area contributed by atoms with Crippen molar-refractivity contribution >= 4 is 27.5 Å². The maximum atomic E-state index is 13.5. The Morgan fingerprint density at radius 3 is 3.12 bits per heavy atom. The van der Waals surface area contributed by atoms with Crippen molar-refractivity contribution in [1.82, 2.24) is 19.9 Å². The lowest BCUT2D eigenvalue weighted by Gasteiger charge is -2.33. The number of carbonyl (C=O) groups excluding carboxylic acids is 1. The molecule has 0 radical (unpaired) electrons. The van der Waals surface area contributed by atoms with Crippen molar-refractivity contribution in [3.05, 3.63) is 46.7 Å². The number of halogens is 1. The molecule has 128 valence electrons. The first-order valence-electron chi connectivity index (χ1n) is 8.56. The molecule has 1 saturated carbocycles. The van der Waals surface area contributed by atoms with Crippen molar-refractivity contribution in [2.45, 2.75) is 31.7 Å². The molecule has 7 heteroatoms. The van der Waals surface area contributed by atoms with Crippen LogP contribution in [0.5, 0.6) is 0 Å². The fraction of sp³-hybridized carbons (Fsp3) is 0.389. The third kappa shape index (κ3) is 2.63. The SMILES string of the molecule is O=C(CC1CC1)N1CCc2[nH]cnc2[C@H]1c1nc2cc(F)ccc2s1. The second-order valence-electron chi connectivity index (χ2n) is 6.82. The summed E-state index contributed by atoms with van der Waals surface area (Å²) >= 11 is 1.51. The molecule has 0 saturated heterocycles. The van der Waals surface area contributed by atoms with Gasteiger partial charge in [0.1, 0.15) is 16.9 Å². The number of aromatic amines is 1. The summed E-state index contributed by atoms with van der Waals surface area (Å²) in [5.74, 6) is 0.417. The molecule has 1 atom stereocenters. The zero-order valence-corrected chi connectivity index (χ0v) is 14.4. The Balaban J connectivity index is 1.58. The fourth-order valence-electron chi connectivity index (χ4n) is 3.52. The predicted molar refractivity (Wildman–Crippen MR) is 92.8 cm³/mol. The van der Waals surface area contributed by atoms with Crippen molar-refractivity contribution in [3.63, 3.8) is 0 Å². The molecule has 1 amide bonds. The summed E-state index contributed by atoms with van der Waals surface area (Å²) in [4.78, 5) is 27.0. The molecule has 1 aliphatic carbocycles. The first-order valence-corrected chi connectivity index (χ1v) is 9.38. The lowest BCUT2D eigenvalue weighted by molar-refractivity contribution is -0.133. The van der Waals surface area contributed by atoms with Crippen LogP contribution in [-0.4, -0.2) is 32.3 Å². The molecule has 0 bridgehead atoms. The number of benzene rings is 1. The average Bonchev–Trinajstić information content (AvgIpc) is 3.12. The minimum absolute atomic E-state index is 0.173. The van der Waals surface area contributed by atoms with E-state index < -0.39 is 0 Å². The molecule has 25 heavy (non-hydrogen) atoms. The quantitative estimate of drug-likeness (QED) is 0.782. The van der Waals surface area contributed by atoms with Crippen molar-refractivity contribution in [3.8, 4) is 0 Å². The highest BCUT2D eigenvalue weighted by Gasteiger charge is 2.37. The summed E-state index contributed by atoms with van der Waals surface area (Å²) in [5, 5.41) is 0.804. The minimum atomic E-state index is -0.296. The molecular formula is C18H17FN4OS. The lowest BCUT2D eigenvalue weighted by atomic mass is 10.0. The van der Waals surface area contributed by atoms with E-state index in [9.17, 15) is 9.18 Å². The second-order valence-corrected chi connectivity index (χ2v) is 7.88. The number of hydrogen-bond donors (Lipinski definition) is 1. The van der Waals surface area contributed by atoms with Crippen molar-refractivity contribution < 1.29 is 9.18 Å². The van der Waals surface area contributed by atoms with E-state index in [1.165, 1.54) is 23.5 Å². The average molecular weight is 356 g/mol. The van der Waals surface area contributed by atoms with Gasteiger partial charge in [-0.2, -0.15) is 0 Å². The zero-order valence-electron chi connectivity index (χ0n) is 13.5. The fourth-order valence-corrected chi connectivity index (χ4v) is 4.58. The largest absolute Gasteiger partial charge is 0.348 e. The van der Waals surface area contributed by atoms with Crippen molar-refractivity contribution in [1.29, 1.82) is 0 Å². The summed E-state index contributed by atoms with van der Waals surface area (Å²) in [7, 11) is 0. The second kappa shape index (κ2) is 5.62. The monoisotopic (exact) mass is 356 g/mol. The van der Waals surface area contributed by atoms with Crippen LogP contribution in [0.4, 0.5) is 4.39 Å². The zero-order chi connectivity index (χ0) is 17.0. The first-order chi connectivity index (χ1) is 12.2. The number of imidazole rings is 1. The van der Waals surface area contributed by atoms with Gasteiger partial charge in [0.2, 0.25) is 5.91 Å².